The maximum atomic E-state index is 12.6. The smallest absolute Gasteiger partial charge is 0.282 e. The fraction of sp³-hybridized carbons (Fsp3) is 0.348. The van der Waals surface area contributed by atoms with Gasteiger partial charge in [0.05, 0.1) is 28.0 Å². The Balaban J connectivity index is 1.85. The van der Waals surface area contributed by atoms with E-state index < -0.39 is 5.41 Å². The Morgan fingerprint density at radius 2 is 1.97 bits per heavy atom. The topological polar surface area (TPSA) is 76.5 Å². The first-order valence-electron chi connectivity index (χ1n) is 10.1. The molecule has 1 aliphatic heterocycles. The zero-order chi connectivity index (χ0) is 21.3. The van der Waals surface area contributed by atoms with E-state index in [0.29, 0.717) is 22.4 Å². The Kier molecular flexibility index (Phi) is 5.58. The van der Waals surface area contributed by atoms with Gasteiger partial charge in [-0.05, 0) is 18.2 Å². The predicted octanol–water partition coefficient (Wildman–Crippen LogP) is 1.46. The molecule has 0 unspecified atom stereocenters. The maximum absolute atomic E-state index is 12.6. The summed E-state index contributed by atoms with van der Waals surface area (Å²) in [5.74, 6) is 0.959. The summed E-state index contributed by atoms with van der Waals surface area (Å²) in [4.78, 5) is 33.5. The highest BCUT2D eigenvalue weighted by atomic mass is 32.1. The molecule has 0 atom stereocenters. The lowest BCUT2D eigenvalue weighted by Gasteiger charge is -2.22. The predicted molar refractivity (Wildman–Crippen MR) is 120 cm³/mol. The zero-order valence-corrected chi connectivity index (χ0v) is 18.3. The number of para-hydroxylation sites is 1. The number of aromatic amines is 2. The molecule has 1 aromatic carbocycles. The van der Waals surface area contributed by atoms with E-state index in [9.17, 15) is 9.59 Å². The molecule has 2 aromatic heterocycles. The van der Waals surface area contributed by atoms with Crippen LogP contribution in [0.4, 0.5) is 5.82 Å². The van der Waals surface area contributed by atoms with Gasteiger partial charge in [0.2, 0.25) is 0 Å². The number of hydrogen-bond donors (Lipinski definition) is 1. The van der Waals surface area contributed by atoms with Gasteiger partial charge in [0.15, 0.2) is 5.78 Å². The quantitative estimate of drug-likeness (QED) is 0.691. The minimum atomic E-state index is -0.485. The van der Waals surface area contributed by atoms with E-state index in [4.69, 9.17) is 4.74 Å². The van der Waals surface area contributed by atoms with Gasteiger partial charge in [-0.15, -0.1) is 11.3 Å². The summed E-state index contributed by atoms with van der Waals surface area (Å²) in [5, 5.41) is 1.07. The highest BCUT2D eigenvalue weighted by Gasteiger charge is 2.23. The number of anilines is 1. The summed E-state index contributed by atoms with van der Waals surface area (Å²) in [7, 11) is 0. The van der Waals surface area contributed by atoms with Gasteiger partial charge in [-0.25, -0.2) is 4.98 Å². The van der Waals surface area contributed by atoms with E-state index >= 15 is 0 Å². The molecule has 156 valence electrons. The van der Waals surface area contributed by atoms with E-state index in [1.165, 1.54) is 17.4 Å². The van der Waals surface area contributed by atoms with Crippen LogP contribution in [-0.4, -0.2) is 37.1 Å². The monoisotopic (exact) mass is 424 g/mol. The van der Waals surface area contributed by atoms with Crippen molar-refractivity contribution < 1.29 is 14.5 Å². The first kappa shape index (κ1) is 20.5. The summed E-state index contributed by atoms with van der Waals surface area (Å²) < 4.78 is 6.64. The molecule has 3 aromatic rings. The van der Waals surface area contributed by atoms with Gasteiger partial charge in [-0.3, -0.25) is 14.5 Å². The molecule has 7 heteroatoms. The molecule has 2 N–H and O–H groups in total. The molecule has 1 fully saturated rings. The summed E-state index contributed by atoms with van der Waals surface area (Å²) >= 11 is 1.30. The first-order chi connectivity index (χ1) is 14.3. The number of nitrogens with one attached hydrogen (secondary N) is 2. The summed E-state index contributed by atoms with van der Waals surface area (Å²) in [6.45, 7) is 8.52. The van der Waals surface area contributed by atoms with Crippen molar-refractivity contribution in [2.45, 2.75) is 20.8 Å². The van der Waals surface area contributed by atoms with Crippen LogP contribution in [-0.2, 0) is 9.53 Å². The fourth-order valence-electron chi connectivity index (χ4n) is 3.33. The lowest BCUT2D eigenvalue weighted by Crippen LogP contribution is -2.40. The van der Waals surface area contributed by atoms with Crippen LogP contribution in [0.1, 0.15) is 26.3 Å². The number of fused-ring (bicyclic) bond motifs is 1. The number of ether oxygens (including phenoxy) is 1. The number of carbonyl (C=O) groups excluding carboxylic acids is 1. The summed E-state index contributed by atoms with van der Waals surface area (Å²) in [5.41, 5.74) is 1.31. The minimum absolute atomic E-state index is 0.0143. The normalized spacial score (nSPS) is 16.4. The summed E-state index contributed by atoms with van der Waals surface area (Å²) in [6.07, 6.45) is 3.43. The van der Waals surface area contributed by atoms with Crippen molar-refractivity contribution in [2.24, 2.45) is 5.41 Å². The number of nitrogens with zero attached hydrogens (tertiary/aromatic N) is 1. The Bertz CT molecular complexity index is 1260. The van der Waals surface area contributed by atoms with Crippen LogP contribution in [0.5, 0.6) is 0 Å². The van der Waals surface area contributed by atoms with Gasteiger partial charge in [0, 0.05) is 16.9 Å². The number of carbonyl (C=O) groups is 1. The molecule has 0 saturated carbocycles. The Morgan fingerprint density at radius 3 is 2.70 bits per heavy atom. The third kappa shape index (κ3) is 4.37. The third-order valence-electron chi connectivity index (χ3n) is 5.09. The molecule has 0 aliphatic carbocycles. The SMILES string of the molecule is CC(C)(C)C(=O)/C=c1\[nH]c(=O)/c(=C\c2cc3ccccc3[nH+]c2N2CCOCC2)s1. The van der Waals surface area contributed by atoms with Crippen LogP contribution in [0.3, 0.4) is 0 Å². The van der Waals surface area contributed by atoms with Gasteiger partial charge >= 0.3 is 0 Å². The molecule has 0 bridgehead atoms. The molecular formula is C23H26N3O3S+. The zero-order valence-electron chi connectivity index (χ0n) is 17.5. The number of aromatic nitrogens is 2. The van der Waals surface area contributed by atoms with Gasteiger partial charge in [-0.1, -0.05) is 39.0 Å². The number of thiazole rings is 1. The Morgan fingerprint density at radius 1 is 1.23 bits per heavy atom. The van der Waals surface area contributed by atoms with Crippen LogP contribution in [0, 0.1) is 5.41 Å². The van der Waals surface area contributed by atoms with Crippen LogP contribution < -0.4 is 24.6 Å². The van der Waals surface area contributed by atoms with Crippen molar-refractivity contribution in [3.8, 4) is 0 Å². The van der Waals surface area contributed by atoms with Gasteiger partial charge in [0.1, 0.15) is 18.6 Å². The van der Waals surface area contributed by atoms with Crippen LogP contribution >= 0.6 is 11.3 Å². The van der Waals surface area contributed by atoms with Crippen molar-refractivity contribution in [3.63, 3.8) is 0 Å². The van der Waals surface area contributed by atoms with Crippen molar-refractivity contribution >= 4 is 46.0 Å². The molecule has 0 amide bonds. The second-order valence-electron chi connectivity index (χ2n) is 8.45. The molecule has 1 saturated heterocycles. The van der Waals surface area contributed by atoms with Crippen LogP contribution in [0.15, 0.2) is 35.1 Å². The number of morpholine rings is 1. The lowest BCUT2D eigenvalue weighted by molar-refractivity contribution is -0.331. The first-order valence-corrected chi connectivity index (χ1v) is 10.9. The highest BCUT2D eigenvalue weighted by molar-refractivity contribution is 7.07. The number of H-pyrrole nitrogens is 2. The Hall–Kier alpha value is -2.77. The molecule has 4 rings (SSSR count). The van der Waals surface area contributed by atoms with Gasteiger partial charge in [-0.2, -0.15) is 0 Å². The van der Waals surface area contributed by atoms with E-state index in [0.717, 1.165) is 35.4 Å². The molecule has 6 nitrogen and oxygen atoms in total. The summed E-state index contributed by atoms with van der Waals surface area (Å²) in [6, 6.07) is 10.2. The van der Waals surface area contributed by atoms with Crippen molar-refractivity contribution in [2.75, 3.05) is 31.2 Å². The number of Topliss-reactive ketones (excluding diaryl/α,β-unsaturated/α-hetero) is 1. The molecular weight excluding hydrogens is 398 g/mol. The highest BCUT2D eigenvalue weighted by Crippen LogP contribution is 2.21. The number of benzene rings is 1. The minimum Gasteiger partial charge on any atom is -0.373 e. The van der Waals surface area contributed by atoms with Crippen LogP contribution in [0.25, 0.3) is 23.1 Å². The van der Waals surface area contributed by atoms with E-state index in [2.05, 4.69) is 20.9 Å². The average molecular weight is 425 g/mol. The average Bonchev–Trinajstić information content (AvgIpc) is 3.06. The van der Waals surface area contributed by atoms with Gasteiger partial charge in [0.25, 0.3) is 11.4 Å². The molecule has 0 spiro atoms. The molecule has 1 aliphatic rings. The van der Waals surface area contributed by atoms with Crippen molar-refractivity contribution in [3.05, 3.63) is 55.4 Å². The number of hydrogen-bond acceptors (Lipinski definition) is 5. The van der Waals surface area contributed by atoms with E-state index in [-0.39, 0.29) is 11.3 Å². The number of ketones is 1. The van der Waals surface area contributed by atoms with Crippen LogP contribution in [0.2, 0.25) is 0 Å². The molecule has 3 heterocycles. The number of rotatable bonds is 3. The standard InChI is InChI=1S/C23H25N3O3S/c1-23(2,3)19(27)14-20-25-22(28)18(30-20)13-16-12-15-6-4-5-7-17(15)24-21(16)26-8-10-29-11-9-26/h4-7,12-14H,8-11H2,1-3H3,(H,25,28)/p+1/b18-13+,20-14+. The molecule has 30 heavy (non-hydrogen) atoms. The van der Waals surface area contributed by atoms with Gasteiger partial charge < -0.3 is 9.72 Å². The molecule has 0 radical (unpaired) electrons. The fourth-order valence-corrected chi connectivity index (χ4v) is 4.21. The van der Waals surface area contributed by atoms with Crippen molar-refractivity contribution in [1.82, 2.24) is 4.98 Å². The van der Waals surface area contributed by atoms with E-state index in [1.54, 1.807) is 0 Å². The second-order valence-corrected chi connectivity index (χ2v) is 9.53. The largest absolute Gasteiger partial charge is 0.373 e. The van der Waals surface area contributed by atoms with E-state index in [1.807, 2.05) is 51.1 Å². The lowest BCUT2D eigenvalue weighted by atomic mass is 9.91. The third-order valence-corrected chi connectivity index (χ3v) is 6.06. The maximum Gasteiger partial charge on any atom is 0.282 e. The van der Waals surface area contributed by atoms with Crippen molar-refractivity contribution in [1.29, 1.82) is 0 Å². The second kappa shape index (κ2) is 8.16. The number of pyridine rings is 1. The Labute approximate surface area is 178 Å².